The Kier molecular flexibility index (Phi) is 6.68. The SMILES string of the molecule is CCc1nc(C2CC2)nc(N2CCN(S(=O)(=O)CC)CC2)c1Cc1cccc(C(F)(F)F)c1. The van der Waals surface area contributed by atoms with Crippen molar-refractivity contribution in [2.45, 2.75) is 51.6 Å². The second-order valence-electron chi connectivity index (χ2n) is 8.62. The maximum Gasteiger partial charge on any atom is 0.416 e. The van der Waals surface area contributed by atoms with E-state index in [1.807, 2.05) is 6.92 Å². The first kappa shape index (κ1) is 23.9. The number of aromatic nitrogens is 2. The van der Waals surface area contributed by atoms with Gasteiger partial charge in [-0.1, -0.05) is 25.1 Å². The third kappa shape index (κ3) is 5.32. The Labute approximate surface area is 192 Å². The first-order valence-electron chi connectivity index (χ1n) is 11.4. The zero-order chi connectivity index (χ0) is 23.8. The van der Waals surface area contributed by atoms with E-state index in [2.05, 4.69) is 4.90 Å². The summed E-state index contributed by atoms with van der Waals surface area (Å²) in [7, 11) is -3.26. The molecule has 0 N–H and O–H groups in total. The molecule has 6 nitrogen and oxygen atoms in total. The Bertz CT molecular complexity index is 1110. The van der Waals surface area contributed by atoms with Gasteiger partial charge in [-0.15, -0.1) is 0 Å². The molecule has 10 heteroatoms. The molecule has 0 unspecified atom stereocenters. The van der Waals surface area contributed by atoms with Crippen molar-refractivity contribution >= 4 is 15.8 Å². The average molecular weight is 483 g/mol. The minimum atomic E-state index is -4.40. The standard InChI is InChI=1S/C23H29F3N4O2S/c1-3-20-19(15-16-6-5-7-18(14-16)23(24,25)26)22(28-21(27-20)17-8-9-17)29-10-12-30(13-11-29)33(31,32)4-2/h5-7,14,17H,3-4,8-13,15H2,1-2H3. The van der Waals surface area contributed by atoms with Crippen molar-refractivity contribution in [1.29, 1.82) is 0 Å². The highest BCUT2D eigenvalue weighted by molar-refractivity contribution is 7.89. The van der Waals surface area contributed by atoms with E-state index in [4.69, 9.17) is 9.97 Å². The van der Waals surface area contributed by atoms with Gasteiger partial charge in [0.05, 0.1) is 11.3 Å². The molecule has 2 aromatic rings. The Morgan fingerprint density at radius 2 is 1.76 bits per heavy atom. The van der Waals surface area contributed by atoms with Crippen LogP contribution in [0.25, 0.3) is 0 Å². The Morgan fingerprint density at radius 3 is 2.33 bits per heavy atom. The van der Waals surface area contributed by atoms with Gasteiger partial charge in [-0.2, -0.15) is 17.5 Å². The first-order valence-corrected chi connectivity index (χ1v) is 13.0. The largest absolute Gasteiger partial charge is 0.416 e. The zero-order valence-corrected chi connectivity index (χ0v) is 19.7. The van der Waals surface area contributed by atoms with Crippen LogP contribution in [0.3, 0.4) is 0 Å². The molecule has 1 saturated heterocycles. The maximum absolute atomic E-state index is 13.2. The predicted molar refractivity (Wildman–Crippen MR) is 121 cm³/mol. The summed E-state index contributed by atoms with van der Waals surface area (Å²) in [5.74, 6) is 1.92. The second kappa shape index (κ2) is 9.21. The number of benzene rings is 1. The van der Waals surface area contributed by atoms with Crippen LogP contribution in [0, 0.1) is 0 Å². The molecule has 2 fully saturated rings. The van der Waals surface area contributed by atoms with E-state index in [0.717, 1.165) is 41.8 Å². The van der Waals surface area contributed by atoms with Crippen LogP contribution < -0.4 is 4.90 Å². The Balaban J connectivity index is 1.68. The van der Waals surface area contributed by atoms with Gasteiger partial charge in [0.2, 0.25) is 10.0 Å². The number of halogens is 3. The highest BCUT2D eigenvalue weighted by atomic mass is 32.2. The molecule has 1 aliphatic carbocycles. The van der Waals surface area contributed by atoms with Gasteiger partial charge in [0.25, 0.3) is 0 Å². The quantitative estimate of drug-likeness (QED) is 0.597. The molecule has 1 saturated carbocycles. The highest BCUT2D eigenvalue weighted by Gasteiger charge is 2.33. The molecule has 0 spiro atoms. The van der Waals surface area contributed by atoms with E-state index < -0.39 is 21.8 Å². The third-order valence-electron chi connectivity index (χ3n) is 6.30. The smallest absolute Gasteiger partial charge is 0.354 e. The molecule has 2 heterocycles. The highest BCUT2D eigenvalue weighted by Crippen LogP contribution is 2.40. The van der Waals surface area contributed by atoms with E-state index in [0.29, 0.717) is 50.5 Å². The van der Waals surface area contributed by atoms with E-state index in [-0.39, 0.29) is 5.75 Å². The zero-order valence-electron chi connectivity index (χ0n) is 18.9. The van der Waals surface area contributed by atoms with Crippen molar-refractivity contribution in [3.63, 3.8) is 0 Å². The van der Waals surface area contributed by atoms with Crippen LogP contribution in [0.1, 0.15) is 60.8 Å². The molecule has 1 aromatic carbocycles. The number of alkyl halides is 3. The Morgan fingerprint density at radius 1 is 1.06 bits per heavy atom. The lowest BCUT2D eigenvalue weighted by molar-refractivity contribution is -0.137. The number of anilines is 1. The number of sulfonamides is 1. The Hall–Kier alpha value is -2.20. The van der Waals surface area contributed by atoms with Gasteiger partial charge in [0.15, 0.2) is 0 Å². The van der Waals surface area contributed by atoms with Crippen LogP contribution in [0.15, 0.2) is 24.3 Å². The van der Waals surface area contributed by atoms with E-state index >= 15 is 0 Å². The van der Waals surface area contributed by atoms with Crippen LogP contribution in [-0.4, -0.2) is 54.6 Å². The fourth-order valence-corrected chi connectivity index (χ4v) is 5.30. The van der Waals surface area contributed by atoms with Crippen molar-refractivity contribution in [2.75, 3.05) is 36.8 Å². The molecule has 2 aliphatic rings. The van der Waals surface area contributed by atoms with Crippen LogP contribution in [0.4, 0.5) is 19.0 Å². The fourth-order valence-electron chi connectivity index (χ4n) is 4.22. The van der Waals surface area contributed by atoms with E-state index in [1.54, 1.807) is 13.0 Å². The average Bonchev–Trinajstić information content (AvgIpc) is 3.64. The minimum absolute atomic E-state index is 0.0626. The lowest BCUT2D eigenvalue weighted by Crippen LogP contribution is -2.49. The lowest BCUT2D eigenvalue weighted by atomic mass is 9.99. The molecule has 180 valence electrons. The third-order valence-corrected chi connectivity index (χ3v) is 8.18. The summed E-state index contributed by atoms with van der Waals surface area (Å²) in [5.41, 5.74) is 1.56. The van der Waals surface area contributed by atoms with Gasteiger partial charge in [-0.05, 0) is 37.8 Å². The van der Waals surface area contributed by atoms with Crippen LogP contribution in [0.2, 0.25) is 0 Å². The minimum Gasteiger partial charge on any atom is -0.354 e. The summed E-state index contributed by atoms with van der Waals surface area (Å²) in [6.07, 6.45) is -1.38. The normalized spacial score (nSPS) is 18.0. The summed E-state index contributed by atoms with van der Waals surface area (Å²) in [6.45, 7) is 5.32. The molecule has 0 atom stereocenters. The number of aryl methyl sites for hydroxylation is 1. The molecule has 33 heavy (non-hydrogen) atoms. The van der Waals surface area contributed by atoms with Gasteiger partial charge >= 0.3 is 6.18 Å². The number of hydrogen-bond donors (Lipinski definition) is 0. The molecular formula is C23H29F3N4O2S. The molecular weight excluding hydrogens is 453 g/mol. The fraction of sp³-hybridized carbons (Fsp3) is 0.565. The first-order chi connectivity index (χ1) is 15.6. The van der Waals surface area contributed by atoms with Gasteiger partial charge in [0, 0.05) is 49.8 Å². The number of piperazine rings is 1. The van der Waals surface area contributed by atoms with Gasteiger partial charge in [0.1, 0.15) is 11.6 Å². The topological polar surface area (TPSA) is 66.4 Å². The van der Waals surface area contributed by atoms with Crippen molar-refractivity contribution in [3.8, 4) is 0 Å². The number of nitrogens with zero attached hydrogens (tertiary/aromatic N) is 4. The summed E-state index contributed by atoms with van der Waals surface area (Å²) >= 11 is 0. The van der Waals surface area contributed by atoms with Crippen LogP contribution in [0.5, 0.6) is 0 Å². The van der Waals surface area contributed by atoms with Gasteiger partial charge in [-0.25, -0.2) is 18.4 Å². The van der Waals surface area contributed by atoms with E-state index in [9.17, 15) is 21.6 Å². The van der Waals surface area contributed by atoms with Gasteiger partial charge < -0.3 is 4.90 Å². The summed E-state index contributed by atoms with van der Waals surface area (Å²) < 4.78 is 65.8. The van der Waals surface area contributed by atoms with Crippen molar-refractivity contribution in [2.24, 2.45) is 0 Å². The van der Waals surface area contributed by atoms with Crippen LogP contribution >= 0.6 is 0 Å². The number of hydrogen-bond acceptors (Lipinski definition) is 5. The monoisotopic (exact) mass is 482 g/mol. The predicted octanol–water partition coefficient (Wildman–Crippen LogP) is 4.00. The summed E-state index contributed by atoms with van der Waals surface area (Å²) in [4.78, 5) is 11.7. The maximum atomic E-state index is 13.2. The van der Waals surface area contributed by atoms with E-state index in [1.165, 1.54) is 16.4 Å². The molecule has 1 aromatic heterocycles. The lowest BCUT2D eigenvalue weighted by Gasteiger charge is -2.36. The van der Waals surface area contributed by atoms with Crippen molar-refractivity contribution in [1.82, 2.24) is 14.3 Å². The number of rotatable bonds is 7. The molecule has 0 radical (unpaired) electrons. The molecule has 0 bridgehead atoms. The molecule has 4 rings (SSSR count). The van der Waals surface area contributed by atoms with Crippen LogP contribution in [-0.2, 0) is 29.0 Å². The van der Waals surface area contributed by atoms with Gasteiger partial charge in [-0.3, -0.25) is 0 Å². The molecule has 0 amide bonds. The second-order valence-corrected chi connectivity index (χ2v) is 10.9. The summed E-state index contributed by atoms with van der Waals surface area (Å²) in [5, 5.41) is 0. The summed E-state index contributed by atoms with van der Waals surface area (Å²) in [6, 6.07) is 5.38. The van der Waals surface area contributed by atoms with Crippen molar-refractivity contribution in [3.05, 3.63) is 52.5 Å². The molecule has 1 aliphatic heterocycles. The van der Waals surface area contributed by atoms with Crippen molar-refractivity contribution < 1.29 is 21.6 Å².